The number of fused-ring (bicyclic) bond motifs is 1. The highest BCUT2D eigenvalue weighted by Gasteiger charge is 2.44. The largest absolute Gasteiger partial charge is 0.490 e. The molecule has 2 saturated carbocycles. The van der Waals surface area contributed by atoms with E-state index in [1.165, 1.54) is 6.42 Å². The van der Waals surface area contributed by atoms with Crippen LogP contribution in [0.1, 0.15) is 25.7 Å². The Labute approximate surface area is 248 Å². The molecule has 0 aromatic carbocycles. The van der Waals surface area contributed by atoms with Gasteiger partial charge in [-0.1, -0.05) is 19.6 Å². The van der Waals surface area contributed by atoms with Gasteiger partial charge < -0.3 is 33.7 Å². The number of amides is 1. The maximum atomic E-state index is 13.0. The van der Waals surface area contributed by atoms with E-state index in [2.05, 4.69) is 34.8 Å². The molecule has 3 fully saturated rings. The third-order valence-electron chi connectivity index (χ3n) is 8.12. The summed E-state index contributed by atoms with van der Waals surface area (Å²) in [5.41, 5.74) is 2.42. The van der Waals surface area contributed by atoms with Crippen LogP contribution in [-0.4, -0.2) is 85.6 Å². The number of carbonyl (C=O) groups excluding carboxylic acids is 1. The van der Waals surface area contributed by atoms with Crippen molar-refractivity contribution in [1.29, 1.82) is 0 Å². The number of nitrogens with one attached hydrogen (secondary N) is 1. The molecule has 1 N–H and O–H groups in total. The molecule has 0 bridgehead atoms. The highest BCUT2D eigenvalue weighted by molar-refractivity contribution is 6.76. The van der Waals surface area contributed by atoms with Crippen LogP contribution in [-0.2, 0) is 21.0 Å². The molecule has 0 unspecified atom stereocenters. The fourth-order valence-electron chi connectivity index (χ4n) is 5.15. The van der Waals surface area contributed by atoms with Gasteiger partial charge in [-0.2, -0.15) is 0 Å². The van der Waals surface area contributed by atoms with Gasteiger partial charge in [-0.05, 0) is 63.0 Å². The number of ether oxygens (including phenoxy) is 4. The molecule has 226 valence electrons. The van der Waals surface area contributed by atoms with Gasteiger partial charge in [0, 0.05) is 44.6 Å². The highest BCUT2D eigenvalue weighted by atomic mass is 28.3. The normalized spacial score (nSPS) is 20.4. The minimum Gasteiger partial charge on any atom is -0.490 e. The van der Waals surface area contributed by atoms with E-state index in [-0.39, 0.29) is 24.0 Å². The number of nitrogens with zero attached hydrogens (tertiary/aromatic N) is 4. The van der Waals surface area contributed by atoms with Crippen LogP contribution in [0.25, 0.3) is 22.2 Å². The van der Waals surface area contributed by atoms with E-state index in [1.54, 1.807) is 13.3 Å². The number of pyridine rings is 2. The second-order valence-corrected chi connectivity index (χ2v) is 18.5. The van der Waals surface area contributed by atoms with Crippen molar-refractivity contribution in [3.63, 3.8) is 0 Å². The maximum Gasteiger partial charge on any atom is 0.231 e. The Morgan fingerprint density at radius 3 is 2.69 bits per heavy atom. The van der Waals surface area contributed by atoms with Gasteiger partial charge in [-0.15, -0.1) is 0 Å². The maximum absolute atomic E-state index is 13.0. The summed E-state index contributed by atoms with van der Waals surface area (Å²) < 4.78 is 26.0. The summed E-state index contributed by atoms with van der Waals surface area (Å²) in [6.07, 6.45) is 8.08. The van der Waals surface area contributed by atoms with E-state index >= 15 is 0 Å². The molecular weight excluding hydrogens is 550 g/mol. The summed E-state index contributed by atoms with van der Waals surface area (Å²) >= 11 is 0. The summed E-state index contributed by atoms with van der Waals surface area (Å²) in [7, 11) is 0.393. The van der Waals surface area contributed by atoms with Gasteiger partial charge in [-0.3, -0.25) is 4.79 Å². The fraction of sp³-hybridized carbons (Fsp3) is 0.581. The monoisotopic (exact) mass is 593 g/mol. The molecule has 3 aromatic heterocycles. The number of aromatic nitrogens is 3. The summed E-state index contributed by atoms with van der Waals surface area (Å²) in [6, 6.07) is 6.81. The van der Waals surface area contributed by atoms with Gasteiger partial charge in [0.05, 0.1) is 37.4 Å². The van der Waals surface area contributed by atoms with Gasteiger partial charge >= 0.3 is 0 Å². The van der Waals surface area contributed by atoms with Crippen LogP contribution in [0.5, 0.6) is 11.6 Å². The lowest BCUT2D eigenvalue weighted by atomic mass is 10.1. The van der Waals surface area contributed by atoms with Crippen molar-refractivity contribution < 1.29 is 23.7 Å². The first-order valence-corrected chi connectivity index (χ1v) is 18.9. The zero-order valence-corrected chi connectivity index (χ0v) is 26.2. The molecule has 0 spiro atoms. The second-order valence-electron chi connectivity index (χ2n) is 12.9. The Morgan fingerprint density at radius 1 is 1.14 bits per heavy atom. The van der Waals surface area contributed by atoms with Crippen LogP contribution >= 0.6 is 0 Å². The Bertz CT molecular complexity index is 1410. The molecule has 0 radical (unpaired) electrons. The van der Waals surface area contributed by atoms with Crippen LogP contribution in [0.15, 0.2) is 30.6 Å². The smallest absolute Gasteiger partial charge is 0.231 e. The SMILES string of the molecule is COc1nccc(OC2CC2)c1-c1cn(COCC[Si](C)(C)C)c2nc(NC(=O)[C@@H]3C[C@H]3OCCN3CCC3)ccc12. The third kappa shape index (κ3) is 6.96. The molecule has 42 heavy (non-hydrogen) atoms. The quantitative estimate of drug-likeness (QED) is 0.194. The van der Waals surface area contributed by atoms with Crippen molar-refractivity contribution in [3.05, 3.63) is 30.6 Å². The van der Waals surface area contributed by atoms with Crippen LogP contribution in [0.4, 0.5) is 5.82 Å². The molecule has 4 heterocycles. The lowest BCUT2D eigenvalue weighted by Crippen LogP contribution is -2.39. The minimum atomic E-state index is -1.23. The number of hydrogen-bond acceptors (Lipinski definition) is 8. The van der Waals surface area contributed by atoms with Crippen molar-refractivity contribution in [3.8, 4) is 22.8 Å². The van der Waals surface area contributed by atoms with Gasteiger partial charge in [0.15, 0.2) is 0 Å². The van der Waals surface area contributed by atoms with Crippen LogP contribution < -0.4 is 14.8 Å². The Morgan fingerprint density at radius 2 is 1.98 bits per heavy atom. The van der Waals surface area contributed by atoms with Crippen LogP contribution in [0.2, 0.25) is 25.7 Å². The number of likely N-dealkylation sites (tertiary alicyclic amines) is 1. The number of carbonyl (C=O) groups is 1. The van der Waals surface area contributed by atoms with E-state index in [1.807, 2.05) is 29.0 Å². The Hall–Kier alpha value is -2.99. The standard InChI is InChI=1S/C31H43N5O5Si/c1-38-31-28(25(10-11-32-31)41-21-6-7-21)24-19-36(20-39-16-17-42(2,3)4)29-22(24)8-9-27(33-29)34-30(37)23-18-26(23)40-15-14-35-12-5-13-35/h8-11,19,21,23,26H,5-7,12-18,20H2,1-4H3,(H,33,34,37)/t23-,26-/m1/s1. The number of rotatable bonds is 15. The molecule has 6 rings (SSSR count). The number of hydrogen-bond donors (Lipinski definition) is 1. The molecule has 2 aliphatic carbocycles. The van der Waals surface area contributed by atoms with Gasteiger partial charge in [-0.25, -0.2) is 9.97 Å². The van der Waals surface area contributed by atoms with Crippen LogP contribution in [0, 0.1) is 5.92 Å². The van der Waals surface area contributed by atoms with Crippen molar-refractivity contribution in [1.82, 2.24) is 19.4 Å². The molecule has 1 saturated heterocycles. The molecule has 3 aliphatic rings. The van der Waals surface area contributed by atoms with Crippen molar-refractivity contribution in [2.45, 2.75) is 70.3 Å². The van der Waals surface area contributed by atoms with Crippen molar-refractivity contribution in [2.75, 3.05) is 45.3 Å². The molecule has 10 nitrogen and oxygen atoms in total. The topological polar surface area (TPSA) is 100.0 Å². The van der Waals surface area contributed by atoms with Gasteiger partial charge in [0.25, 0.3) is 0 Å². The Kier molecular flexibility index (Phi) is 8.53. The van der Waals surface area contributed by atoms with E-state index in [4.69, 9.17) is 23.9 Å². The van der Waals surface area contributed by atoms with Crippen molar-refractivity contribution in [2.24, 2.45) is 5.92 Å². The van der Waals surface area contributed by atoms with Gasteiger partial charge in [0.1, 0.15) is 23.9 Å². The lowest BCUT2D eigenvalue weighted by Gasteiger charge is -2.30. The van der Waals surface area contributed by atoms with E-state index in [0.717, 1.165) is 72.9 Å². The number of methoxy groups -OCH3 is 1. The lowest BCUT2D eigenvalue weighted by molar-refractivity contribution is -0.118. The van der Waals surface area contributed by atoms with E-state index in [0.29, 0.717) is 31.6 Å². The van der Waals surface area contributed by atoms with Gasteiger partial charge in [0.2, 0.25) is 11.8 Å². The summed E-state index contributed by atoms with van der Waals surface area (Å²) in [6.45, 7) is 12.0. The molecule has 11 heteroatoms. The predicted molar refractivity (Wildman–Crippen MR) is 165 cm³/mol. The first kappa shape index (κ1) is 29.1. The summed E-state index contributed by atoms with van der Waals surface area (Å²) in [4.78, 5) is 24.8. The summed E-state index contributed by atoms with van der Waals surface area (Å²) in [5.74, 6) is 1.58. The predicted octanol–water partition coefficient (Wildman–Crippen LogP) is 5.01. The molecule has 2 atom stereocenters. The Balaban J connectivity index is 1.23. The van der Waals surface area contributed by atoms with E-state index in [9.17, 15) is 4.79 Å². The first-order chi connectivity index (χ1) is 20.3. The molecule has 1 amide bonds. The average molecular weight is 594 g/mol. The molecule has 3 aromatic rings. The molecular formula is C31H43N5O5Si. The van der Waals surface area contributed by atoms with Crippen LogP contribution in [0.3, 0.4) is 0 Å². The summed E-state index contributed by atoms with van der Waals surface area (Å²) in [5, 5.41) is 3.94. The highest BCUT2D eigenvalue weighted by Crippen LogP contribution is 2.43. The third-order valence-corrected chi connectivity index (χ3v) is 9.82. The minimum absolute atomic E-state index is 0.00632. The average Bonchev–Trinajstić information content (AvgIpc) is 3.86. The fourth-order valence-corrected chi connectivity index (χ4v) is 5.91. The zero-order chi connectivity index (χ0) is 29.3. The zero-order valence-electron chi connectivity index (χ0n) is 25.2. The number of anilines is 1. The van der Waals surface area contributed by atoms with E-state index < -0.39 is 8.07 Å². The van der Waals surface area contributed by atoms with Crippen molar-refractivity contribution >= 4 is 30.8 Å². The molecule has 1 aliphatic heterocycles. The second kappa shape index (κ2) is 12.3. The first-order valence-electron chi connectivity index (χ1n) is 15.2.